The Morgan fingerprint density at radius 1 is 1.32 bits per heavy atom. The minimum Gasteiger partial charge on any atom is -0.325 e. The smallest absolute Gasteiger partial charge is 0.238 e. The lowest BCUT2D eigenvalue weighted by Crippen LogP contribution is -2.38. The van der Waals surface area contributed by atoms with E-state index in [2.05, 4.69) is 31.0 Å². The summed E-state index contributed by atoms with van der Waals surface area (Å²) in [5.74, 6) is 0.153. The topological polar surface area (TPSA) is 52.7 Å². The fourth-order valence-corrected chi connectivity index (χ4v) is 3.14. The SMILES string of the molecule is CCCCCN(CC(=O)Nc1cccc(N2CCCC2=O)c1)C(C)C. The van der Waals surface area contributed by atoms with Crippen molar-refractivity contribution in [1.29, 1.82) is 0 Å². The molecule has 0 saturated carbocycles. The van der Waals surface area contributed by atoms with Gasteiger partial charge in [0.25, 0.3) is 0 Å². The number of unbranched alkanes of at least 4 members (excludes halogenated alkanes) is 2. The second kappa shape index (κ2) is 9.56. The van der Waals surface area contributed by atoms with Crippen LogP contribution in [-0.2, 0) is 9.59 Å². The molecule has 1 aromatic carbocycles. The van der Waals surface area contributed by atoms with Gasteiger partial charge in [-0.2, -0.15) is 0 Å². The van der Waals surface area contributed by atoms with Crippen LogP contribution in [0.1, 0.15) is 52.9 Å². The average molecular weight is 345 g/mol. The Hall–Kier alpha value is -1.88. The van der Waals surface area contributed by atoms with Crippen molar-refractivity contribution < 1.29 is 9.59 Å². The molecule has 0 atom stereocenters. The van der Waals surface area contributed by atoms with E-state index in [-0.39, 0.29) is 11.8 Å². The molecular weight excluding hydrogens is 314 g/mol. The summed E-state index contributed by atoms with van der Waals surface area (Å²) < 4.78 is 0. The van der Waals surface area contributed by atoms with Crippen LogP contribution in [0, 0.1) is 0 Å². The second-order valence-electron chi connectivity index (χ2n) is 7.02. The highest BCUT2D eigenvalue weighted by Crippen LogP contribution is 2.24. The minimum atomic E-state index is -0.00454. The van der Waals surface area contributed by atoms with Crippen molar-refractivity contribution in [3.63, 3.8) is 0 Å². The number of amides is 2. The van der Waals surface area contributed by atoms with Crippen molar-refractivity contribution in [2.24, 2.45) is 0 Å². The summed E-state index contributed by atoms with van der Waals surface area (Å²) in [6.07, 6.45) is 5.00. The van der Waals surface area contributed by atoms with Gasteiger partial charge in [-0.25, -0.2) is 0 Å². The molecule has 1 heterocycles. The summed E-state index contributed by atoms with van der Waals surface area (Å²) in [7, 11) is 0. The number of carbonyl (C=O) groups is 2. The molecule has 1 aliphatic rings. The third-order valence-corrected chi connectivity index (χ3v) is 4.64. The Bertz CT molecular complexity index is 586. The van der Waals surface area contributed by atoms with Crippen molar-refractivity contribution in [3.05, 3.63) is 24.3 Å². The molecule has 5 heteroatoms. The first-order chi connectivity index (χ1) is 12.0. The molecule has 0 aliphatic carbocycles. The van der Waals surface area contributed by atoms with Crippen molar-refractivity contribution >= 4 is 23.2 Å². The number of benzene rings is 1. The molecule has 1 fully saturated rings. The van der Waals surface area contributed by atoms with Crippen LogP contribution in [0.5, 0.6) is 0 Å². The van der Waals surface area contributed by atoms with Crippen LogP contribution >= 0.6 is 0 Å². The summed E-state index contributed by atoms with van der Waals surface area (Å²) in [5, 5.41) is 2.98. The lowest BCUT2D eigenvalue weighted by Gasteiger charge is -2.25. The first kappa shape index (κ1) is 19.4. The number of nitrogens with one attached hydrogen (secondary N) is 1. The summed E-state index contributed by atoms with van der Waals surface area (Å²) >= 11 is 0. The molecule has 0 bridgehead atoms. The number of hydrogen-bond acceptors (Lipinski definition) is 3. The van der Waals surface area contributed by atoms with Crippen molar-refractivity contribution in [1.82, 2.24) is 4.90 Å². The Labute approximate surface area is 151 Å². The molecule has 0 radical (unpaired) electrons. The number of carbonyl (C=O) groups excluding carboxylic acids is 2. The molecule has 0 spiro atoms. The monoisotopic (exact) mass is 345 g/mol. The molecule has 1 saturated heterocycles. The number of rotatable bonds is 9. The standard InChI is InChI=1S/C20H31N3O2/c1-4-5-6-12-22(16(2)3)15-19(24)21-17-9-7-10-18(14-17)23-13-8-11-20(23)25/h7,9-10,14,16H,4-6,8,11-13,15H2,1-3H3,(H,21,24). The molecule has 138 valence electrons. The molecule has 2 rings (SSSR count). The zero-order chi connectivity index (χ0) is 18.2. The van der Waals surface area contributed by atoms with E-state index in [0.717, 1.165) is 37.3 Å². The van der Waals surface area contributed by atoms with E-state index >= 15 is 0 Å². The lowest BCUT2D eigenvalue weighted by atomic mass is 10.2. The zero-order valence-electron chi connectivity index (χ0n) is 15.8. The molecule has 1 N–H and O–H groups in total. The molecule has 25 heavy (non-hydrogen) atoms. The van der Waals surface area contributed by atoms with E-state index in [9.17, 15) is 9.59 Å². The van der Waals surface area contributed by atoms with E-state index in [0.29, 0.717) is 19.0 Å². The van der Waals surface area contributed by atoms with Gasteiger partial charge in [0.15, 0.2) is 0 Å². The third kappa shape index (κ3) is 5.85. The lowest BCUT2D eigenvalue weighted by molar-refractivity contribution is -0.118. The van der Waals surface area contributed by atoms with E-state index < -0.39 is 0 Å². The summed E-state index contributed by atoms with van der Waals surface area (Å²) in [4.78, 5) is 28.3. The van der Waals surface area contributed by atoms with Gasteiger partial charge in [0.1, 0.15) is 0 Å². The Morgan fingerprint density at radius 2 is 2.12 bits per heavy atom. The summed E-state index contributed by atoms with van der Waals surface area (Å²) in [6, 6.07) is 7.91. The van der Waals surface area contributed by atoms with E-state index in [1.807, 2.05) is 24.3 Å². The predicted octanol–water partition coefficient (Wildman–Crippen LogP) is 3.65. The van der Waals surface area contributed by atoms with Crippen molar-refractivity contribution in [3.8, 4) is 0 Å². The molecule has 0 aromatic heterocycles. The Morgan fingerprint density at radius 3 is 2.76 bits per heavy atom. The predicted molar refractivity (Wildman–Crippen MR) is 103 cm³/mol. The highest BCUT2D eigenvalue weighted by atomic mass is 16.2. The van der Waals surface area contributed by atoms with Crippen LogP contribution in [0.25, 0.3) is 0 Å². The van der Waals surface area contributed by atoms with Gasteiger partial charge in [-0.1, -0.05) is 25.8 Å². The van der Waals surface area contributed by atoms with Crippen LogP contribution < -0.4 is 10.2 Å². The van der Waals surface area contributed by atoms with Crippen LogP contribution in [0.2, 0.25) is 0 Å². The highest BCUT2D eigenvalue weighted by Gasteiger charge is 2.22. The largest absolute Gasteiger partial charge is 0.325 e. The minimum absolute atomic E-state index is 0.00454. The van der Waals surface area contributed by atoms with Crippen LogP contribution in [0.4, 0.5) is 11.4 Å². The van der Waals surface area contributed by atoms with Gasteiger partial charge in [-0.05, 0) is 51.4 Å². The maximum Gasteiger partial charge on any atom is 0.238 e. The van der Waals surface area contributed by atoms with Gasteiger partial charge in [0.05, 0.1) is 6.54 Å². The van der Waals surface area contributed by atoms with Gasteiger partial charge < -0.3 is 10.2 Å². The maximum absolute atomic E-state index is 12.4. The quantitative estimate of drug-likeness (QED) is 0.695. The van der Waals surface area contributed by atoms with Crippen LogP contribution in [0.15, 0.2) is 24.3 Å². The number of hydrogen-bond donors (Lipinski definition) is 1. The van der Waals surface area contributed by atoms with Crippen LogP contribution in [0.3, 0.4) is 0 Å². The molecule has 2 amide bonds. The summed E-state index contributed by atoms with van der Waals surface area (Å²) in [6.45, 7) is 8.53. The first-order valence-electron chi connectivity index (χ1n) is 9.45. The van der Waals surface area contributed by atoms with Gasteiger partial charge >= 0.3 is 0 Å². The molecule has 0 unspecified atom stereocenters. The normalized spacial score (nSPS) is 14.6. The van der Waals surface area contributed by atoms with Gasteiger partial charge in [-0.15, -0.1) is 0 Å². The third-order valence-electron chi connectivity index (χ3n) is 4.64. The van der Waals surface area contributed by atoms with E-state index in [4.69, 9.17) is 0 Å². The van der Waals surface area contributed by atoms with Crippen LogP contribution in [-0.4, -0.2) is 42.4 Å². The Balaban J connectivity index is 1.94. The van der Waals surface area contributed by atoms with Gasteiger partial charge in [0.2, 0.25) is 11.8 Å². The van der Waals surface area contributed by atoms with E-state index in [1.165, 1.54) is 12.8 Å². The molecular formula is C20H31N3O2. The van der Waals surface area contributed by atoms with Gasteiger partial charge in [-0.3, -0.25) is 14.5 Å². The summed E-state index contributed by atoms with van der Waals surface area (Å²) in [5.41, 5.74) is 1.61. The molecule has 1 aromatic rings. The zero-order valence-corrected chi connectivity index (χ0v) is 15.8. The van der Waals surface area contributed by atoms with Crippen molar-refractivity contribution in [2.75, 3.05) is 29.9 Å². The fourth-order valence-electron chi connectivity index (χ4n) is 3.14. The average Bonchev–Trinajstić information content (AvgIpc) is 3.00. The number of nitrogens with zero attached hydrogens (tertiary/aromatic N) is 2. The molecule has 1 aliphatic heterocycles. The molecule has 5 nitrogen and oxygen atoms in total. The first-order valence-corrected chi connectivity index (χ1v) is 9.45. The highest BCUT2D eigenvalue weighted by molar-refractivity contribution is 5.97. The number of anilines is 2. The van der Waals surface area contributed by atoms with Crippen molar-refractivity contribution in [2.45, 2.75) is 58.9 Å². The van der Waals surface area contributed by atoms with Gasteiger partial charge in [0, 0.05) is 30.4 Å². The maximum atomic E-state index is 12.4. The second-order valence-corrected chi connectivity index (χ2v) is 7.02. The van der Waals surface area contributed by atoms with E-state index in [1.54, 1.807) is 4.90 Å². The fraction of sp³-hybridized carbons (Fsp3) is 0.600. The Kier molecular flexibility index (Phi) is 7.44.